The van der Waals surface area contributed by atoms with Gasteiger partial charge in [-0.1, -0.05) is 18.2 Å². The highest BCUT2D eigenvalue weighted by Gasteiger charge is 2.25. The molecule has 0 unspecified atom stereocenters. The number of anilines is 2. The molecule has 2 aromatic rings. The summed E-state index contributed by atoms with van der Waals surface area (Å²) in [6.45, 7) is 2.91. The normalized spacial score (nSPS) is 19.2. The molecule has 6 nitrogen and oxygen atoms in total. The minimum atomic E-state index is -0.280. The van der Waals surface area contributed by atoms with Gasteiger partial charge in [0.2, 0.25) is 5.91 Å². The predicted octanol–water partition coefficient (Wildman–Crippen LogP) is 3.27. The van der Waals surface area contributed by atoms with E-state index in [1.54, 1.807) is 43.5 Å². The van der Waals surface area contributed by atoms with Crippen molar-refractivity contribution in [3.63, 3.8) is 0 Å². The Morgan fingerprint density at radius 3 is 2.70 bits per heavy atom. The molecular weight excluding hydrogens is 342 g/mol. The van der Waals surface area contributed by atoms with Gasteiger partial charge >= 0.3 is 0 Å². The van der Waals surface area contributed by atoms with Crippen LogP contribution in [-0.2, 0) is 4.79 Å². The first kappa shape index (κ1) is 18.9. The van der Waals surface area contributed by atoms with Gasteiger partial charge in [0.05, 0.1) is 18.4 Å². The minimum absolute atomic E-state index is 0.0371. The molecule has 1 fully saturated rings. The molecule has 1 aliphatic rings. The van der Waals surface area contributed by atoms with E-state index >= 15 is 0 Å². The molecule has 0 spiro atoms. The Kier molecular flexibility index (Phi) is 6.08. The van der Waals surface area contributed by atoms with E-state index in [1.165, 1.54) is 0 Å². The second-order valence-corrected chi connectivity index (χ2v) is 6.80. The largest absolute Gasteiger partial charge is 0.497 e. The van der Waals surface area contributed by atoms with Crippen LogP contribution in [0.15, 0.2) is 48.5 Å². The lowest BCUT2D eigenvalue weighted by molar-refractivity contribution is -0.120. The van der Waals surface area contributed by atoms with Crippen LogP contribution in [0.25, 0.3) is 0 Å². The maximum absolute atomic E-state index is 12.7. The van der Waals surface area contributed by atoms with Crippen molar-refractivity contribution >= 4 is 23.2 Å². The second kappa shape index (κ2) is 8.68. The first-order valence-corrected chi connectivity index (χ1v) is 9.15. The highest BCUT2D eigenvalue weighted by molar-refractivity contribution is 6.10. The fourth-order valence-corrected chi connectivity index (χ4v) is 3.29. The summed E-state index contributed by atoms with van der Waals surface area (Å²) in [5.41, 5.74) is 1.58. The first-order chi connectivity index (χ1) is 13.1. The van der Waals surface area contributed by atoms with Gasteiger partial charge in [-0.05, 0) is 50.6 Å². The maximum Gasteiger partial charge on any atom is 0.257 e. The first-order valence-electron chi connectivity index (χ1n) is 9.15. The number of para-hydroxylation sites is 1. The summed E-state index contributed by atoms with van der Waals surface area (Å²) < 4.78 is 5.18. The Hall–Kier alpha value is -2.86. The van der Waals surface area contributed by atoms with E-state index in [0.717, 1.165) is 19.4 Å². The Morgan fingerprint density at radius 1 is 1.11 bits per heavy atom. The second-order valence-electron chi connectivity index (χ2n) is 6.80. The zero-order valence-electron chi connectivity index (χ0n) is 15.6. The smallest absolute Gasteiger partial charge is 0.257 e. The summed E-state index contributed by atoms with van der Waals surface area (Å²) in [5, 5.41) is 9.13. The van der Waals surface area contributed by atoms with Gasteiger partial charge in [-0.25, -0.2) is 0 Å². The van der Waals surface area contributed by atoms with Crippen LogP contribution in [0.2, 0.25) is 0 Å². The number of methoxy groups -OCH3 is 1. The number of piperidine rings is 1. The van der Waals surface area contributed by atoms with Gasteiger partial charge in [-0.3, -0.25) is 9.59 Å². The van der Waals surface area contributed by atoms with E-state index < -0.39 is 0 Å². The standard InChI is InChI=1S/C21H25N3O3/c1-14-12-15(10-11-22-14)20(25)24-19-9-4-3-8-18(19)21(26)23-16-6-5-7-17(13-16)27-2/h3-9,13-15,22H,10-12H2,1-2H3,(H,23,26)(H,24,25)/t14-,15-/m0/s1. The Balaban J connectivity index is 1.73. The number of amides is 2. The number of rotatable bonds is 5. The van der Waals surface area contributed by atoms with Crippen LogP contribution in [0.4, 0.5) is 11.4 Å². The predicted molar refractivity (Wildman–Crippen MR) is 106 cm³/mol. The molecule has 0 bridgehead atoms. The molecule has 0 aromatic heterocycles. The van der Waals surface area contributed by atoms with Gasteiger partial charge in [-0.2, -0.15) is 0 Å². The van der Waals surface area contributed by atoms with Crippen LogP contribution in [0.3, 0.4) is 0 Å². The van der Waals surface area contributed by atoms with Gasteiger partial charge in [0.1, 0.15) is 5.75 Å². The van der Waals surface area contributed by atoms with Crippen LogP contribution < -0.4 is 20.7 Å². The molecular formula is C21H25N3O3. The topological polar surface area (TPSA) is 79.5 Å². The summed E-state index contributed by atoms with van der Waals surface area (Å²) in [4.78, 5) is 25.4. The molecule has 27 heavy (non-hydrogen) atoms. The minimum Gasteiger partial charge on any atom is -0.497 e. The van der Waals surface area contributed by atoms with E-state index in [1.807, 2.05) is 12.1 Å². The number of carbonyl (C=O) groups excluding carboxylic acids is 2. The van der Waals surface area contributed by atoms with Crippen molar-refractivity contribution in [2.75, 3.05) is 24.3 Å². The molecule has 0 aliphatic carbocycles. The summed E-state index contributed by atoms with van der Waals surface area (Å²) in [6.07, 6.45) is 1.60. The fraction of sp³-hybridized carbons (Fsp3) is 0.333. The van der Waals surface area contributed by atoms with Crippen LogP contribution in [-0.4, -0.2) is 31.5 Å². The lowest BCUT2D eigenvalue weighted by Gasteiger charge is -2.27. The monoisotopic (exact) mass is 367 g/mol. The number of nitrogens with one attached hydrogen (secondary N) is 3. The molecule has 1 saturated heterocycles. The molecule has 3 rings (SSSR count). The van der Waals surface area contributed by atoms with Crippen molar-refractivity contribution in [3.8, 4) is 5.75 Å². The summed E-state index contributed by atoms with van der Waals surface area (Å²) in [7, 11) is 1.58. The summed E-state index contributed by atoms with van der Waals surface area (Å²) in [5.74, 6) is 0.299. The molecule has 2 amide bonds. The van der Waals surface area contributed by atoms with Crippen molar-refractivity contribution in [3.05, 3.63) is 54.1 Å². The highest BCUT2D eigenvalue weighted by atomic mass is 16.5. The average molecular weight is 367 g/mol. The maximum atomic E-state index is 12.7. The van der Waals surface area contributed by atoms with Crippen molar-refractivity contribution < 1.29 is 14.3 Å². The number of ether oxygens (including phenoxy) is 1. The summed E-state index contributed by atoms with van der Waals surface area (Å²) >= 11 is 0. The molecule has 0 radical (unpaired) electrons. The number of benzene rings is 2. The molecule has 2 atom stereocenters. The molecule has 142 valence electrons. The van der Waals surface area contributed by atoms with Crippen molar-refractivity contribution in [2.24, 2.45) is 5.92 Å². The number of hydrogen-bond donors (Lipinski definition) is 3. The molecule has 2 aromatic carbocycles. The zero-order valence-corrected chi connectivity index (χ0v) is 15.6. The molecule has 6 heteroatoms. The van der Waals surface area contributed by atoms with Crippen molar-refractivity contribution in [2.45, 2.75) is 25.8 Å². The van der Waals surface area contributed by atoms with Gasteiger partial charge in [0.25, 0.3) is 5.91 Å². The number of carbonyl (C=O) groups is 2. The summed E-state index contributed by atoms with van der Waals surface area (Å²) in [6, 6.07) is 14.5. The zero-order chi connectivity index (χ0) is 19.2. The van der Waals surface area contributed by atoms with E-state index in [0.29, 0.717) is 28.7 Å². The fourth-order valence-electron chi connectivity index (χ4n) is 3.29. The molecule has 1 heterocycles. The lowest BCUT2D eigenvalue weighted by atomic mass is 9.92. The third-order valence-corrected chi connectivity index (χ3v) is 4.75. The number of hydrogen-bond acceptors (Lipinski definition) is 4. The van der Waals surface area contributed by atoms with Crippen LogP contribution in [0.5, 0.6) is 5.75 Å². The lowest BCUT2D eigenvalue weighted by Crippen LogP contribution is -2.40. The van der Waals surface area contributed by atoms with Gasteiger partial charge < -0.3 is 20.7 Å². The Morgan fingerprint density at radius 2 is 1.93 bits per heavy atom. The highest BCUT2D eigenvalue weighted by Crippen LogP contribution is 2.23. The third-order valence-electron chi connectivity index (χ3n) is 4.75. The van der Waals surface area contributed by atoms with E-state index in [-0.39, 0.29) is 17.7 Å². The molecule has 3 N–H and O–H groups in total. The average Bonchev–Trinajstić information content (AvgIpc) is 2.68. The SMILES string of the molecule is COc1cccc(NC(=O)c2ccccc2NC(=O)[C@H]2CCN[C@@H](C)C2)c1. The quantitative estimate of drug-likeness (QED) is 0.758. The van der Waals surface area contributed by atoms with Crippen LogP contribution in [0.1, 0.15) is 30.1 Å². The van der Waals surface area contributed by atoms with Gasteiger partial charge in [0, 0.05) is 23.7 Å². The molecule has 1 aliphatic heterocycles. The van der Waals surface area contributed by atoms with Crippen molar-refractivity contribution in [1.29, 1.82) is 0 Å². The van der Waals surface area contributed by atoms with E-state index in [2.05, 4.69) is 22.9 Å². The van der Waals surface area contributed by atoms with Crippen LogP contribution in [0, 0.1) is 5.92 Å². The van der Waals surface area contributed by atoms with E-state index in [4.69, 9.17) is 4.74 Å². The van der Waals surface area contributed by atoms with Gasteiger partial charge in [0.15, 0.2) is 0 Å². The molecule has 0 saturated carbocycles. The van der Waals surface area contributed by atoms with Gasteiger partial charge in [-0.15, -0.1) is 0 Å². The van der Waals surface area contributed by atoms with Crippen LogP contribution >= 0.6 is 0 Å². The Bertz CT molecular complexity index is 822. The van der Waals surface area contributed by atoms with Crippen molar-refractivity contribution in [1.82, 2.24) is 5.32 Å². The Labute approximate surface area is 159 Å². The van der Waals surface area contributed by atoms with E-state index in [9.17, 15) is 9.59 Å². The third kappa shape index (κ3) is 4.86.